The molecule has 0 saturated carbocycles. The van der Waals surface area contributed by atoms with Crippen molar-refractivity contribution in [3.05, 3.63) is 0 Å². The van der Waals surface area contributed by atoms with Crippen LogP contribution in [0.4, 0.5) is 0 Å². The largest absolute Gasteiger partial charge is 0.465 e. The maximum atomic E-state index is 11.4. The average molecular weight is 218 g/mol. The summed E-state index contributed by atoms with van der Waals surface area (Å²) in [5.41, 5.74) is 0. The van der Waals surface area contributed by atoms with Crippen molar-refractivity contribution >= 4 is 23.5 Å². The molecule has 0 bridgehead atoms. The van der Waals surface area contributed by atoms with Gasteiger partial charge in [0.25, 0.3) is 0 Å². The van der Waals surface area contributed by atoms with Crippen molar-refractivity contribution in [1.82, 2.24) is 0 Å². The number of carbonyl (C=O) groups is 2. The van der Waals surface area contributed by atoms with Crippen LogP contribution in [-0.2, 0) is 14.3 Å². The van der Waals surface area contributed by atoms with Crippen LogP contribution in [0.3, 0.4) is 0 Å². The topological polar surface area (TPSA) is 43.4 Å². The molecule has 0 fully saturated rings. The molecule has 0 aromatic heterocycles. The monoisotopic (exact) mass is 218 g/mol. The van der Waals surface area contributed by atoms with Gasteiger partial charge in [0.2, 0.25) is 0 Å². The zero-order valence-electron chi connectivity index (χ0n) is 9.20. The van der Waals surface area contributed by atoms with Gasteiger partial charge in [-0.05, 0) is 6.92 Å². The third-order valence-corrected chi connectivity index (χ3v) is 2.82. The molecule has 0 amide bonds. The Morgan fingerprint density at radius 1 is 1.29 bits per heavy atom. The minimum atomic E-state index is -0.639. The lowest BCUT2D eigenvalue weighted by Crippen LogP contribution is -2.29. The number of rotatable bonds is 6. The number of esters is 1. The van der Waals surface area contributed by atoms with Crippen LogP contribution in [0.2, 0.25) is 0 Å². The van der Waals surface area contributed by atoms with Gasteiger partial charge in [0, 0.05) is 11.7 Å². The molecular weight excluding hydrogens is 200 g/mol. The predicted octanol–water partition coefficient (Wildman–Crippen LogP) is 2.04. The molecule has 0 aliphatic heterocycles. The van der Waals surface area contributed by atoms with Gasteiger partial charge in [-0.15, -0.1) is 11.8 Å². The number of ketones is 1. The summed E-state index contributed by atoms with van der Waals surface area (Å²) in [6.45, 7) is 7.74. The van der Waals surface area contributed by atoms with Crippen molar-refractivity contribution in [1.29, 1.82) is 0 Å². The zero-order valence-corrected chi connectivity index (χ0v) is 10.0. The molecule has 0 spiro atoms. The minimum absolute atomic E-state index is 0.0536. The fraction of sp³-hybridized carbons (Fsp3) is 0.800. The van der Waals surface area contributed by atoms with Crippen molar-refractivity contribution in [2.45, 2.75) is 44.6 Å². The standard InChI is InChI=1S/C10H18O3S/c1-5-8(11)9(14-7(3)4)10(12)13-6-2/h7,9H,5-6H2,1-4H3. The van der Waals surface area contributed by atoms with Crippen LogP contribution in [0.25, 0.3) is 0 Å². The first-order chi connectivity index (χ1) is 6.52. The molecular formula is C10H18O3S. The Balaban J connectivity index is 4.38. The molecule has 0 radical (unpaired) electrons. The Hall–Kier alpha value is -0.510. The van der Waals surface area contributed by atoms with E-state index >= 15 is 0 Å². The van der Waals surface area contributed by atoms with Gasteiger partial charge in [0.05, 0.1) is 6.61 Å². The summed E-state index contributed by atoms with van der Waals surface area (Å²) in [7, 11) is 0. The predicted molar refractivity (Wildman–Crippen MR) is 58.4 cm³/mol. The van der Waals surface area contributed by atoms with Crippen LogP contribution in [-0.4, -0.2) is 28.9 Å². The molecule has 0 rings (SSSR count). The van der Waals surface area contributed by atoms with Crippen molar-refractivity contribution in [2.24, 2.45) is 0 Å². The fourth-order valence-corrected chi connectivity index (χ4v) is 1.98. The first kappa shape index (κ1) is 13.5. The van der Waals surface area contributed by atoms with Gasteiger partial charge >= 0.3 is 5.97 Å². The third kappa shape index (κ3) is 4.65. The highest BCUT2D eigenvalue weighted by atomic mass is 32.2. The van der Waals surface area contributed by atoms with E-state index in [1.807, 2.05) is 13.8 Å². The maximum absolute atomic E-state index is 11.4. The summed E-state index contributed by atoms with van der Waals surface area (Å²) in [5.74, 6) is -0.458. The normalized spacial score (nSPS) is 12.6. The number of carbonyl (C=O) groups excluding carboxylic acids is 2. The van der Waals surface area contributed by atoms with Crippen molar-refractivity contribution < 1.29 is 14.3 Å². The van der Waals surface area contributed by atoms with Crippen LogP contribution in [0.15, 0.2) is 0 Å². The number of hydrogen-bond donors (Lipinski definition) is 0. The number of ether oxygens (including phenoxy) is 1. The second-order valence-corrected chi connectivity index (χ2v) is 4.82. The molecule has 0 aromatic carbocycles. The second-order valence-electron chi connectivity index (χ2n) is 3.14. The molecule has 3 nitrogen and oxygen atoms in total. The highest BCUT2D eigenvalue weighted by molar-refractivity contribution is 8.01. The van der Waals surface area contributed by atoms with Crippen molar-refractivity contribution in [3.63, 3.8) is 0 Å². The molecule has 1 unspecified atom stereocenters. The Labute approximate surface area is 89.6 Å². The Bertz CT molecular complexity index is 202. The summed E-state index contributed by atoms with van der Waals surface area (Å²) in [5, 5.41) is -0.389. The van der Waals surface area contributed by atoms with E-state index in [4.69, 9.17) is 4.74 Å². The molecule has 0 aromatic rings. The van der Waals surface area contributed by atoms with E-state index in [9.17, 15) is 9.59 Å². The van der Waals surface area contributed by atoms with E-state index in [-0.39, 0.29) is 11.0 Å². The molecule has 4 heteroatoms. The number of thioether (sulfide) groups is 1. The number of Topliss-reactive ketones (excluding diaryl/α,β-unsaturated/α-hetero) is 1. The lowest BCUT2D eigenvalue weighted by Gasteiger charge is -2.15. The third-order valence-electron chi connectivity index (χ3n) is 1.55. The Kier molecular flexibility index (Phi) is 6.62. The average Bonchev–Trinajstić information content (AvgIpc) is 2.13. The van der Waals surface area contributed by atoms with Gasteiger partial charge < -0.3 is 4.74 Å². The highest BCUT2D eigenvalue weighted by Gasteiger charge is 2.27. The van der Waals surface area contributed by atoms with E-state index in [0.717, 1.165) is 0 Å². The zero-order chi connectivity index (χ0) is 11.1. The Morgan fingerprint density at radius 3 is 2.21 bits per heavy atom. The van der Waals surface area contributed by atoms with Crippen LogP contribution < -0.4 is 0 Å². The van der Waals surface area contributed by atoms with Crippen LogP contribution >= 0.6 is 11.8 Å². The van der Waals surface area contributed by atoms with Gasteiger partial charge in [-0.3, -0.25) is 9.59 Å². The molecule has 0 N–H and O–H groups in total. The van der Waals surface area contributed by atoms with E-state index < -0.39 is 11.2 Å². The summed E-state index contributed by atoms with van der Waals surface area (Å²) < 4.78 is 4.85. The second kappa shape index (κ2) is 6.87. The number of hydrogen-bond acceptors (Lipinski definition) is 4. The SMILES string of the molecule is CCOC(=O)C(SC(C)C)C(=O)CC. The van der Waals surface area contributed by atoms with Crippen LogP contribution in [0.1, 0.15) is 34.1 Å². The Morgan fingerprint density at radius 2 is 1.86 bits per heavy atom. The van der Waals surface area contributed by atoms with Gasteiger partial charge in [-0.2, -0.15) is 0 Å². The fourth-order valence-electron chi connectivity index (χ4n) is 0.938. The minimum Gasteiger partial charge on any atom is -0.465 e. The lowest BCUT2D eigenvalue weighted by molar-refractivity contribution is -0.144. The van der Waals surface area contributed by atoms with E-state index in [1.165, 1.54) is 11.8 Å². The van der Waals surface area contributed by atoms with Crippen LogP contribution in [0.5, 0.6) is 0 Å². The molecule has 0 aliphatic rings. The smallest absolute Gasteiger partial charge is 0.326 e. The molecule has 0 saturated heterocycles. The summed E-state index contributed by atoms with van der Waals surface area (Å²) in [4.78, 5) is 22.9. The van der Waals surface area contributed by atoms with Crippen LogP contribution in [0, 0.1) is 0 Å². The molecule has 0 heterocycles. The first-order valence-corrected chi connectivity index (χ1v) is 5.82. The highest BCUT2D eigenvalue weighted by Crippen LogP contribution is 2.20. The van der Waals surface area contributed by atoms with E-state index in [2.05, 4.69) is 0 Å². The summed E-state index contributed by atoms with van der Waals surface area (Å²) in [6, 6.07) is 0. The maximum Gasteiger partial charge on any atom is 0.326 e. The van der Waals surface area contributed by atoms with Gasteiger partial charge in [-0.1, -0.05) is 20.8 Å². The first-order valence-electron chi connectivity index (χ1n) is 4.87. The van der Waals surface area contributed by atoms with Crippen molar-refractivity contribution in [3.8, 4) is 0 Å². The molecule has 82 valence electrons. The molecule has 0 aliphatic carbocycles. The molecule has 1 atom stereocenters. The lowest BCUT2D eigenvalue weighted by atomic mass is 10.2. The van der Waals surface area contributed by atoms with Crippen molar-refractivity contribution in [2.75, 3.05) is 6.61 Å². The summed E-state index contributed by atoms with van der Waals surface area (Å²) >= 11 is 1.36. The van der Waals surface area contributed by atoms with E-state index in [0.29, 0.717) is 13.0 Å². The van der Waals surface area contributed by atoms with Gasteiger partial charge in [0.15, 0.2) is 11.0 Å². The van der Waals surface area contributed by atoms with Gasteiger partial charge in [-0.25, -0.2) is 0 Å². The summed E-state index contributed by atoms with van der Waals surface area (Å²) in [6.07, 6.45) is 0.378. The van der Waals surface area contributed by atoms with E-state index in [1.54, 1.807) is 13.8 Å². The van der Waals surface area contributed by atoms with Gasteiger partial charge in [0.1, 0.15) is 0 Å². The quantitative estimate of drug-likeness (QED) is 0.505. The molecule has 14 heavy (non-hydrogen) atoms.